The first-order valence-corrected chi connectivity index (χ1v) is 8.25. The Labute approximate surface area is 142 Å². The van der Waals surface area contributed by atoms with Gasteiger partial charge in [-0.05, 0) is 17.7 Å². The smallest absolute Gasteiger partial charge is 0.321 e. The number of thioether (sulfide) groups is 1. The first-order chi connectivity index (χ1) is 11.7. The molecule has 3 aromatic rings. The van der Waals surface area contributed by atoms with Gasteiger partial charge in [0.1, 0.15) is 0 Å². The molecule has 0 bridgehead atoms. The minimum absolute atomic E-state index is 0.0778. The number of urea groups is 1. The van der Waals surface area contributed by atoms with Crippen LogP contribution < -0.4 is 10.6 Å². The summed E-state index contributed by atoms with van der Waals surface area (Å²) >= 11 is 1.22. The summed E-state index contributed by atoms with van der Waals surface area (Å²) in [6.07, 6.45) is 1.82. The summed E-state index contributed by atoms with van der Waals surface area (Å²) in [5.41, 5.74) is 1.67. The molecule has 3 amide bonds. The Kier molecular flexibility index (Phi) is 5.07. The topological polar surface area (TPSA) is 88.4 Å². The lowest BCUT2D eigenvalue weighted by molar-refractivity contribution is -0.117. The zero-order valence-electron chi connectivity index (χ0n) is 12.7. The molecule has 0 fully saturated rings. The number of pyridine rings is 1. The highest BCUT2D eigenvalue weighted by Crippen LogP contribution is 2.15. The maximum atomic E-state index is 11.8. The third-order valence-electron chi connectivity index (χ3n) is 3.16. The predicted octanol–water partition coefficient (Wildman–Crippen LogP) is 1.85. The molecule has 0 saturated heterocycles. The van der Waals surface area contributed by atoms with Gasteiger partial charge in [0.15, 0.2) is 10.8 Å². The molecule has 1 aromatic carbocycles. The normalized spacial score (nSPS) is 10.5. The minimum Gasteiger partial charge on any atom is -0.334 e. The standard InChI is InChI=1S/C16H15N5O2S/c22-14(18-15(23)17-10-12-6-2-1-3-7-12)11-24-16-20-19-13-8-4-5-9-21(13)16/h1-9H,10-11H2,(H2,17,18,22,23). The average Bonchev–Trinajstić information content (AvgIpc) is 3.02. The van der Waals surface area contributed by atoms with Crippen LogP contribution in [-0.4, -0.2) is 32.3 Å². The molecule has 3 rings (SSSR count). The van der Waals surface area contributed by atoms with Crippen molar-refractivity contribution < 1.29 is 9.59 Å². The van der Waals surface area contributed by atoms with E-state index in [9.17, 15) is 9.59 Å². The fraction of sp³-hybridized carbons (Fsp3) is 0.125. The van der Waals surface area contributed by atoms with Gasteiger partial charge in [-0.2, -0.15) is 0 Å². The Morgan fingerprint density at radius 1 is 1.04 bits per heavy atom. The third-order valence-corrected chi connectivity index (χ3v) is 4.11. The second-order valence-corrected chi connectivity index (χ2v) is 5.86. The van der Waals surface area contributed by atoms with E-state index >= 15 is 0 Å². The van der Waals surface area contributed by atoms with Crippen LogP contribution in [0.5, 0.6) is 0 Å². The van der Waals surface area contributed by atoms with Gasteiger partial charge in [-0.25, -0.2) is 4.79 Å². The van der Waals surface area contributed by atoms with E-state index in [2.05, 4.69) is 20.8 Å². The van der Waals surface area contributed by atoms with Crippen molar-refractivity contribution in [2.24, 2.45) is 0 Å². The molecule has 0 aliphatic heterocycles. The lowest BCUT2D eigenvalue weighted by Crippen LogP contribution is -2.39. The average molecular weight is 341 g/mol. The number of benzene rings is 1. The maximum absolute atomic E-state index is 11.8. The van der Waals surface area contributed by atoms with E-state index in [1.54, 1.807) is 4.40 Å². The first kappa shape index (κ1) is 16.0. The van der Waals surface area contributed by atoms with E-state index < -0.39 is 11.9 Å². The lowest BCUT2D eigenvalue weighted by Gasteiger charge is -2.06. The van der Waals surface area contributed by atoms with Gasteiger partial charge in [0.25, 0.3) is 0 Å². The molecule has 7 nitrogen and oxygen atoms in total. The summed E-state index contributed by atoms with van der Waals surface area (Å²) in [5.74, 6) is -0.313. The van der Waals surface area contributed by atoms with Crippen LogP contribution in [0.25, 0.3) is 5.65 Å². The molecule has 2 N–H and O–H groups in total. The van der Waals surface area contributed by atoms with Crippen LogP contribution in [0.1, 0.15) is 5.56 Å². The van der Waals surface area contributed by atoms with Gasteiger partial charge >= 0.3 is 6.03 Å². The molecule has 122 valence electrons. The van der Waals surface area contributed by atoms with Crippen LogP contribution in [0.4, 0.5) is 4.79 Å². The van der Waals surface area contributed by atoms with E-state index in [4.69, 9.17) is 0 Å². The summed E-state index contributed by atoms with van der Waals surface area (Å²) in [7, 11) is 0. The number of aromatic nitrogens is 3. The van der Waals surface area contributed by atoms with Gasteiger partial charge in [-0.15, -0.1) is 10.2 Å². The molecule has 24 heavy (non-hydrogen) atoms. The van der Waals surface area contributed by atoms with Crippen molar-refractivity contribution in [3.63, 3.8) is 0 Å². The van der Waals surface area contributed by atoms with Gasteiger partial charge in [0.2, 0.25) is 5.91 Å². The van der Waals surface area contributed by atoms with Crippen LogP contribution in [0.2, 0.25) is 0 Å². The fourth-order valence-electron chi connectivity index (χ4n) is 2.03. The van der Waals surface area contributed by atoms with Crippen LogP contribution in [-0.2, 0) is 11.3 Å². The number of hydrogen-bond donors (Lipinski definition) is 2. The minimum atomic E-state index is -0.518. The number of rotatable bonds is 5. The summed E-state index contributed by atoms with van der Waals surface area (Å²) in [6, 6.07) is 14.5. The van der Waals surface area contributed by atoms with E-state index in [0.29, 0.717) is 17.3 Å². The Morgan fingerprint density at radius 3 is 2.67 bits per heavy atom. The molecule has 0 unspecified atom stereocenters. The predicted molar refractivity (Wildman–Crippen MR) is 90.5 cm³/mol. The molecule has 0 aliphatic carbocycles. The van der Waals surface area contributed by atoms with E-state index in [0.717, 1.165) is 5.56 Å². The molecule has 8 heteroatoms. The fourth-order valence-corrected chi connectivity index (χ4v) is 2.76. The van der Waals surface area contributed by atoms with Crippen LogP contribution in [0, 0.1) is 0 Å². The number of carbonyl (C=O) groups is 2. The van der Waals surface area contributed by atoms with Crippen LogP contribution in [0.15, 0.2) is 59.9 Å². The highest BCUT2D eigenvalue weighted by Gasteiger charge is 2.11. The number of hydrogen-bond acceptors (Lipinski definition) is 5. The molecule has 0 atom stereocenters. The Bertz CT molecular complexity index is 850. The largest absolute Gasteiger partial charge is 0.334 e. The number of nitrogens with zero attached hydrogens (tertiary/aromatic N) is 3. The molecular weight excluding hydrogens is 326 g/mol. The van der Waals surface area contributed by atoms with E-state index in [-0.39, 0.29) is 5.75 Å². The van der Waals surface area contributed by atoms with E-state index in [1.807, 2.05) is 54.7 Å². The van der Waals surface area contributed by atoms with Crippen molar-refractivity contribution in [1.29, 1.82) is 0 Å². The Morgan fingerprint density at radius 2 is 1.83 bits per heavy atom. The van der Waals surface area contributed by atoms with Gasteiger partial charge in [0, 0.05) is 12.7 Å². The zero-order valence-corrected chi connectivity index (χ0v) is 13.5. The van der Waals surface area contributed by atoms with Crippen molar-refractivity contribution in [3.8, 4) is 0 Å². The summed E-state index contributed by atoms with van der Waals surface area (Å²) in [4.78, 5) is 23.6. The van der Waals surface area contributed by atoms with Gasteiger partial charge in [0.05, 0.1) is 5.75 Å². The summed E-state index contributed by atoms with van der Waals surface area (Å²) < 4.78 is 1.79. The highest BCUT2D eigenvalue weighted by atomic mass is 32.2. The Hall–Kier alpha value is -2.87. The quantitative estimate of drug-likeness (QED) is 0.692. The van der Waals surface area contributed by atoms with Crippen molar-refractivity contribution >= 4 is 29.3 Å². The number of carbonyl (C=O) groups excluding carboxylic acids is 2. The van der Waals surface area contributed by atoms with Gasteiger partial charge in [-0.1, -0.05) is 48.2 Å². The molecular formula is C16H15N5O2S. The van der Waals surface area contributed by atoms with Gasteiger partial charge < -0.3 is 5.32 Å². The third kappa shape index (κ3) is 4.11. The molecule has 0 radical (unpaired) electrons. The second-order valence-electron chi connectivity index (χ2n) is 4.92. The van der Waals surface area contributed by atoms with Crippen LogP contribution in [0.3, 0.4) is 0 Å². The molecule has 2 aromatic heterocycles. The molecule has 0 aliphatic rings. The SMILES string of the molecule is O=C(CSc1nnc2ccccn12)NC(=O)NCc1ccccc1. The van der Waals surface area contributed by atoms with Crippen molar-refractivity contribution in [2.45, 2.75) is 11.7 Å². The van der Waals surface area contributed by atoms with Crippen molar-refractivity contribution in [2.75, 3.05) is 5.75 Å². The van der Waals surface area contributed by atoms with Crippen molar-refractivity contribution in [1.82, 2.24) is 25.2 Å². The Balaban J connectivity index is 1.46. The zero-order chi connectivity index (χ0) is 16.8. The number of nitrogens with one attached hydrogen (secondary N) is 2. The lowest BCUT2D eigenvalue weighted by atomic mass is 10.2. The second kappa shape index (κ2) is 7.60. The highest BCUT2D eigenvalue weighted by molar-refractivity contribution is 7.99. The number of imide groups is 1. The number of amides is 3. The maximum Gasteiger partial charge on any atom is 0.321 e. The van der Waals surface area contributed by atoms with Crippen LogP contribution >= 0.6 is 11.8 Å². The van der Waals surface area contributed by atoms with E-state index in [1.165, 1.54) is 11.8 Å². The molecule has 2 heterocycles. The van der Waals surface area contributed by atoms with Gasteiger partial charge in [-0.3, -0.25) is 14.5 Å². The summed E-state index contributed by atoms with van der Waals surface area (Å²) in [6.45, 7) is 0.363. The molecule has 0 spiro atoms. The molecule has 0 saturated carbocycles. The number of fused-ring (bicyclic) bond motifs is 1. The summed E-state index contributed by atoms with van der Waals surface area (Å²) in [5, 5.41) is 13.6. The van der Waals surface area contributed by atoms with Crippen molar-refractivity contribution in [3.05, 3.63) is 60.3 Å². The first-order valence-electron chi connectivity index (χ1n) is 7.26. The monoisotopic (exact) mass is 341 g/mol.